The summed E-state index contributed by atoms with van der Waals surface area (Å²) in [4.78, 5) is 110. The number of carbonyl (C=O) groups is 7. The minimum atomic E-state index is -1.19. The van der Waals surface area contributed by atoms with Gasteiger partial charge in [-0.25, -0.2) is 9.97 Å². The molecule has 0 atom stereocenters. The number of anilines is 2. The molecule has 2 aromatic carbocycles. The van der Waals surface area contributed by atoms with Crippen molar-refractivity contribution >= 4 is 93.1 Å². The Morgan fingerprint density at radius 3 is 1.59 bits per heavy atom. The number of primary amides is 2. The monoisotopic (exact) mass is 1080 g/mol. The molecule has 0 fully saturated rings. The number of nitrogens with zero attached hydrogens (tertiary/aromatic N) is 8. The molecule has 0 aliphatic carbocycles. The second-order valence-electron chi connectivity index (χ2n) is 17.1. The Kier molecular flexibility index (Phi) is 22.8. The number of rotatable bonds is 31. The number of aliphatic carboxylic acids is 3. The lowest BCUT2D eigenvalue weighted by molar-refractivity contribution is -0.141. The highest BCUT2D eigenvalue weighted by Crippen LogP contribution is 2.33. The van der Waals surface area contributed by atoms with Gasteiger partial charge in [0.2, 0.25) is 23.7 Å². The number of amides is 4. The Morgan fingerprint density at radius 1 is 0.705 bits per heavy atom. The van der Waals surface area contributed by atoms with Crippen LogP contribution in [0.2, 0.25) is 0 Å². The van der Waals surface area contributed by atoms with Crippen molar-refractivity contribution in [3.63, 3.8) is 0 Å². The average molecular weight is 1080 g/mol. The van der Waals surface area contributed by atoms with Crippen LogP contribution < -0.4 is 48.8 Å². The van der Waals surface area contributed by atoms with Gasteiger partial charge in [-0.3, -0.25) is 59.2 Å². The van der Waals surface area contributed by atoms with Gasteiger partial charge >= 0.3 is 17.9 Å². The fraction of sp³-hybridized carbons (Fsp3) is 0.333. The first kappa shape index (κ1) is 60.7. The van der Waals surface area contributed by atoms with Gasteiger partial charge in [-0.05, 0) is 76.6 Å². The second kappa shape index (κ2) is 29.3. The zero-order valence-electron chi connectivity index (χ0n) is 43.8. The van der Waals surface area contributed by atoms with E-state index in [1.54, 1.807) is 61.1 Å². The third-order valence-electron chi connectivity index (χ3n) is 10.9. The Morgan fingerprint density at radius 2 is 1.18 bits per heavy atom. The number of nitrogens with one attached hydrogen (secondary N) is 2. The summed E-state index contributed by atoms with van der Waals surface area (Å²) < 4.78 is 15.4. The lowest BCUT2D eigenvalue weighted by atomic mass is 10.1. The van der Waals surface area contributed by atoms with Gasteiger partial charge in [-0.1, -0.05) is 18.2 Å². The first-order valence-electron chi connectivity index (χ1n) is 24.2. The predicted octanol–water partition coefficient (Wildman–Crippen LogP) is 2.66. The Balaban J connectivity index is 1.81. The number of aliphatic imine (C=N–C) groups is 3. The highest BCUT2D eigenvalue weighted by molar-refractivity contribution is 6.47. The standard InChI is InChI=1S/C51H65N15O12/c1-6-58-37(19-29(3)53)48(75)62-50-60-35-21-31(46(55)73)23-39(77-17-11-8-14-57-28-34(27-52)64(5)33(25-42(69)70)26-43(71)72)44(35)65(50)15-9-10-16-66-45-36(61-51(66)63-49(76)38(59-7-2)20-30(4)54)22-32(47(56)74)24-40(45)78-18-12-13-41(67)68/h8-11,19-24,27-28,33H,6-7,12-18,25-26,52-54H2,1-5H3,(H2,55,73)(H2,56,74)(H,67,68)(H,69,70)(H,71,72)(H,60,62,75)(H,61,63,76)/b10-9+,11-8+,29-19-,30-20-,34-27+,57-28?,58-37?,59-38?. The molecule has 4 amide bonds. The smallest absolute Gasteiger partial charge is 0.305 e. The van der Waals surface area contributed by atoms with Crippen LogP contribution in [0.15, 0.2) is 99.0 Å². The van der Waals surface area contributed by atoms with Crippen molar-refractivity contribution in [2.24, 2.45) is 43.6 Å². The van der Waals surface area contributed by atoms with E-state index in [4.69, 9.17) is 38.1 Å². The molecule has 0 aliphatic heterocycles. The molecule has 4 rings (SSSR count). The second-order valence-corrected chi connectivity index (χ2v) is 17.1. The fourth-order valence-corrected chi connectivity index (χ4v) is 7.44. The maximum absolute atomic E-state index is 13.8. The minimum Gasteiger partial charge on any atom is -0.491 e. The predicted molar refractivity (Wildman–Crippen MR) is 293 cm³/mol. The number of carbonyl (C=O) groups excluding carboxylic acids is 4. The summed E-state index contributed by atoms with van der Waals surface area (Å²) in [6.45, 7) is 7.01. The first-order chi connectivity index (χ1) is 37.1. The Hall–Kier alpha value is -9.82. The lowest BCUT2D eigenvalue weighted by Gasteiger charge is -2.28. The Bertz CT molecular complexity index is 3140. The lowest BCUT2D eigenvalue weighted by Crippen LogP contribution is -2.36. The van der Waals surface area contributed by atoms with Crippen LogP contribution in [-0.2, 0) is 37.1 Å². The quantitative estimate of drug-likeness (QED) is 0.0197. The third-order valence-corrected chi connectivity index (χ3v) is 10.9. The van der Waals surface area contributed by atoms with Gasteiger partial charge in [-0.15, -0.1) is 0 Å². The normalized spacial score (nSPS) is 12.8. The van der Waals surface area contributed by atoms with E-state index in [-0.39, 0.29) is 121 Å². The summed E-state index contributed by atoms with van der Waals surface area (Å²) in [7, 11) is 1.51. The van der Waals surface area contributed by atoms with Crippen LogP contribution in [0, 0.1) is 0 Å². The van der Waals surface area contributed by atoms with E-state index in [2.05, 4.69) is 35.6 Å². The van der Waals surface area contributed by atoms with Gasteiger partial charge in [0.25, 0.3) is 11.8 Å². The molecule has 78 heavy (non-hydrogen) atoms. The van der Waals surface area contributed by atoms with E-state index in [0.717, 1.165) is 0 Å². The summed E-state index contributed by atoms with van der Waals surface area (Å²) in [5.74, 6) is -6.12. The number of benzene rings is 2. The number of allylic oxidation sites excluding steroid dienone is 5. The van der Waals surface area contributed by atoms with Gasteiger partial charge in [-0.2, -0.15) is 0 Å². The maximum Gasteiger partial charge on any atom is 0.305 e. The van der Waals surface area contributed by atoms with Crippen LogP contribution in [0.5, 0.6) is 11.5 Å². The summed E-state index contributed by atoms with van der Waals surface area (Å²) in [6.07, 6.45) is 11.0. The molecule has 2 aromatic heterocycles. The van der Waals surface area contributed by atoms with Crippen LogP contribution in [0.3, 0.4) is 0 Å². The molecular weight excluding hydrogens is 1010 g/mol. The molecule has 0 aliphatic rings. The van der Waals surface area contributed by atoms with E-state index in [1.807, 2.05) is 0 Å². The third kappa shape index (κ3) is 17.7. The van der Waals surface area contributed by atoms with Crippen molar-refractivity contribution in [2.45, 2.75) is 72.5 Å². The molecule has 15 N–H and O–H groups in total. The molecule has 27 heteroatoms. The van der Waals surface area contributed by atoms with Crippen molar-refractivity contribution in [3.05, 3.63) is 95.1 Å². The zero-order valence-corrected chi connectivity index (χ0v) is 43.8. The van der Waals surface area contributed by atoms with E-state index in [1.165, 1.54) is 60.8 Å². The zero-order chi connectivity index (χ0) is 57.6. The number of carboxylic acids is 3. The number of ether oxygens (including phenoxy) is 2. The molecule has 0 bridgehead atoms. The van der Waals surface area contributed by atoms with Crippen LogP contribution >= 0.6 is 0 Å². The molecular formula is C51H65N15O12. The number of hydrogen-bond donors (Lipinski definition) is 10. The number of nitrogens with two attached hydrogens (primary N) is 5. The topological polar surface area (TPSA) is 429 Å². The Labute approximate surface area is 447 Å². The molecule has 0 saturated heterocycles. The number of hydrogen-bond acceptors (Lipinski definition) is 18. The SMILES string of the molecule is CCN=C(/C=C(/C)N)C(=O)Nc1nc2cc(C(N)=O)cc(OC/C=C/CN=C/C(=C\N)N(C)C(CC(=O)O)CC(=O)O)c2n1C/C=C/Cn1c(NC(=O)C(/C=C(/C)N)=NCC)nc2cc(C(N)=O)cc(OCCCC(=O)O)c21. The van der Waals surface area contributed by atoms with Crippen LogP contribution in [0.1, 0.15) is 74.1 Å². The van der Waals surface area contributed by atoms with Gasteiger partial charge < -0.3 is 67.5 Å². The summed E-state index contributed by atoms with van der Waals surface area (Å²) in [5, 5.41) is 33.4. The number of carboxylic acid groups (broad SMARTS) is 3. The summed E-state index contributed by atoms with van der Waals surface area (Å²) >= 11 is 0. The van der Waals surface area contributed by atoms with E-state index >= 15 is 0 Å². The highest BCUT2D eigenvalue weighted by atomic mass is 16.5. The van der Waals surface area contributed by atoms with E-state index < -0.39 is 60.4 Å². The van der Waals surface area contributed by atoms with Gasteiger partial charge in [0.1, 0.15) is 40.6 Å². The van der Waals surface area contributed by atoms with Gasteiger partial charge in [0.05, 0.1) is 42.7 Å². The molecule has 0 radical (unpaired) electrons. The van der Waals surface area contributed by atoms with Crippen molar-refractivity contribution in [1.29, 1.82) is 0 Å². The van der Waals surface area contributed by atoms with Gasteiger partial charge in [0.15, 0.2) is 0 Å². The van der Waals surface area contributed by atoms with Crippen molar-refractivity contribution < 1.29 is 58.4 Å². The van der Waals surface area contributed by atoms with Crippen molar-refractivity contribution in [3.8, 4) is 11.5 Å². The number of aromatic nitrogens is 4. The van der Waals surface area contributed by atoms with Gasteiger partial charge in [0, 0.05) is 80.6 Å². The van der Waals surface area contributed by atoms with E-state index in [0.29, 0.717) is 22.4 Å². The number of imidazole rings is 2. The summed E-state index contributed by atoms with van der Waals surface area (Å²) in [6, 6.07) is 4.74. The molecule has 4 aromatic rings. The fourth-order valence-electron chi connectivity index (χ4n) is 7.44. The van der Waals surface area contributed by atoms with E-state index in [9.17, 15) is 48.9 Å². The van der Waals surface area contributed by atoms with Crippen LogP contribution in [-0.4, -0.2) is 144 Å². The molecule has 416 valence electrons. The van der Waals surface area contributed by atoms with Crippen LogP contribution in [0.25, 0.3) is 22.1 Å². The maximum atomic E-state index is 13.8. The minimum absolute atomic E-state index is 0.00101. The summed E-state index contributed by atoms with van der Waals surface area (Å²) in [5.41, 5.74) is 31.0. The molecule has 0 spiro atoms. The average Bonchev–Trinajstić information content (AvgIpc) is 3.89. The molecule has 0 unspecified atom stereocenters. The van der Waals surface area contributed by atoms with Crippen molar-refractivity contribution in [2.75, 3.05) is 50.5 Å². The molecule has 2 heterocycles. The largest absolute Gasteiger partial charge is 0.491 e. The van der Waals surface area contributed by atoms with Crippen molar-refractivity contribution in [1.82, 2.24) is 24.0 Å². The molecule has 0 saturated carbocycles. The number of fused-ring (bicyclic) bond motifs is 2. The molecule has 27 nitrogen and oxygen atoms in total. The first-order valence-corrected chi connectivity index (χ1v) is 24.2. The highest BCUT2D eigenvalue weighted by Gasteiger charge is 2.25. The van der Waals surface area contributed by atoms with Crippen LogP contribution in [0.4, 0.5) is 11.9 Å².